The van der Waals surface area contributed by atoms with Crippen LogP contribution in [0.15, 0.2) is 36.5 Å². The summed E-state index contributed by atoms with van der Waals surface area (Å²) in [6.45, 7) is 6.48. The summed E-state index contributed by atoms with van der Waals surface area (Å²) < 4.78 is 23.4. The van der Waals surface area contributed by atoms with Gasteiger partial charge in [0.2, 0.25) is 0 Å². The first-order chi connectivity index (χ1) is 10.7. The zero-order valence-electron chi connectivity index (χ0n) is 13.2. The Morgan fingerprint density at radius 1 is 1.23 bits per heavy atom. The van der Waals surface area contributed by atoms with Crippen molar-refractivity contribution >= 4 is 5.97 Å². The Hall–Kier alpha value is -2.43. The average Bonchev–Trinajstić information content (AvgIpc) is 2.57. The molecule has 2 aromatic rings. The van der Waals surface area contributed by atoms with Crippen LogP contribution in [0.4, 0.5) is 4.39 Å². The Balaban J connectivity index is 0.00000116. The minimum absolute atomic E-state index is 0.133. The molecular weight excluding hydrogens is 285 g/mol. The molecule has 0 spiro atoms. The second-order valence-corrected chi connectivity index (χ2v) is 4.00. The van der Waals surface area contributed by atoms with E-state index >= 15 is 0 Å². The van der Waals surface area contributed by atoms with Crippen LogP contribution in [0.5, 0.6) is 5.75 Å². The zero-order valence-corrected chi connectivity index (χ0v) is 13.2. The summed E-state index contributed by atoms with van der Waals surface area (Å²) in [4.78, 5) is 15.4. The van der Waals surface area contributed by atoms with Gasteiger partial charge in [0, 0.05) is 5.56 Å². The van der Waals surface area contributed by atoms with Crippen LogP contribution in [0.25, 0.3) is 11.3 Å². The van der Waals surface area contributed by atoms with Crippen molar-refractivity contribution < 1.29 is 18.7 Å². The van der Waals surface area contributed by atoms with Gasteiger partial charge in [0.25, 0.3) is 0 Å². The molecule has 0 fully saturated rings. The minimum Gasteiger partial charge on any atom is -0.494 e. The van der Waals surface area contributed by atoms with Crippen molar-refractivity contribution in [2.45, 2.75) is 20.8 Å². The van der Waals surface area contributed by atoms with Gasteiger partial charge in [-0.05, 0) is 37.3 Å². The molecule has 1 heterocycles. The molecule has 0 unspecified atom stereocenters. The van der Waals surface area contributed by atoms with Crippen molar-refractivity contribution in [2.24, 2.45) is 0 Å². The molecule has 22 heavy (non-hydrogen) atoms. The maximum atomic E-state index is 13.5. The number of carbonyl (C=O) groups is 1. The molecule has 0 aliphatic heterocycles. The predicted molar refractivity (Wildman–Crippen MR) is 83.5 cm³/mol. The Morgan fingerprint density at radius 3 is 2.41 bits per heavy atom. The van der Waals surface area contributed by atoms with E-state index in [1.807, 2.05) is 20.8 Å². The van der Waals surface area contributed by atoms with Crippen LogP contribution in [-0.2, 0) is 4.74 Å². The zero-order chi connectivity index (χ0) is 16.5. The number of pyridine rings is 1. The van der Waals surface area contributed by atoms with Gasteiger partial charge in [-0.15, -0.1) is 0 Å². The third-order valence-electron chi connectivity index (χ3n) is 2.72. The molecule has 1 aromatic carbocycles. The number of hydrogen-bond acceptors (Lipinski definition) is 4. The number of methoxy groups -OCH3 is 1. The first kappa shape index (κ1) is 17.6. The maximum absolute atomic E-state index is 13.5. The number of ether oxygens (including phenoxy) is 2. The van der Waals surface area contributed by atoms with Gasteiger partial charge in [-0.25, -0.2) is 9.18 Å². The van der Waals surface area contributed by atoms with Gasteiger partial charge in [-0.3, -0.25) is 4.98 Å². The van der Waals surface area contributed by atoms with E-state index in [4.69, 9.17) is 4.74 Å². The monoisotopic (exact) mass is 305 g/mol. The number of carbonyl (C=O) groups excluding carboxylic acids is 1. The molecule has 0 atom stereocenters. The molecule has 1 aromatic heterocycles. The van der Waals surface area contributed by atoms with E-state index in [1.165, 1.54) is 13.2 Å². The number of hydrogen-bond donors (Lipinski definition) is 0. The van der Waals surface area contributed by atoms with Crippen LogP contribution in [-0.4, -0.2) is 24.7 Å². The van der Waals surface area contributed by atoms with Crippen molar-refractivity contribution in [2.75, 3.05) is 13.7 Å². The third kappa shape index (κ3) is 4.28. The summed E-state index contributed by atoms with van der Waals surface area (Å²) in [5, 5.41) is 0. The smallest absolute Gasteiger partial charge is 0.340 e. The minimum atomic E-state index is -0.725. The van der Waals surface area contributed by atoms with Crippen molar-refractivity contribution in [3.05, 3.63) is 47.9 Å². The Kier molecular flexibility index (Phi) is 7.02. The average molecular weight is 305 g/mol. The maximum Gasteiger partial charge on any atom is 0.340 e. The van der Waals surface area contributed by atoms with Crippen LogP contribution in [0.1, 0.15) is 31.1 Å². The second kappa shape index (κ2) is 8.77. The number of rotatable bonds is 4. The lowest BCUT2D eigenvalue weighted by Crippen LogP contribution is -2.05. The highest BCUT2D eigenvalue weighted by Gasteiger charge is 2.14. The highest BCUT2D eigenvalue weighted by Crippen LogP contribution is 2.22. The lowest BCUT2D eigenvalue weighted by Gasteiger charge is -2.06. The van der Waals surface area contributed by atoms with E-state index < -0.39 is 11.8 Å². The number of esters is 1. The van der Waals surface area contributed by atoms with Crippen LogP contribution in [0.3, 0.4) is 0 Å². The van der Waals surface area contributed by atoms with E-state index in [0.717, 1.165) is 17.5 Å². The normalized spacial score (nSPS) is 9.50. The standard InChI is InChI=1S/C15H14FNO3.C2H6/c1-3-20-11-6-4-10(5-7-11)14-8-12(15(18)19-2)13(16)9-17-14;1-2/h4-9H,3H2,1-2H3;1-2H3. The van der Waals surface area contributed by atoms with Crippen LogP contribution >= 0.6 is 0 Å². The fourth-order valence-electron chi connectivity index (χ4n) is 1.75. The lowest BCUT2D eigenvalue weighted by atomic mass is 10.1. The van der Waals surface area contributed by atoms with Crippen LogP contribution < -0.4 is 4.74 Å². The van der Waals surface area contributed by atoms with E-state index in [9.17, 15) is 9.18 Å². The fraction of sp³-hybridized carbons (Fsp3) is 0.294. The third-order valence-corrected chi connectivity index (χ3v) is 2.72. The molecule has 0 bridgehead atoms. The second-order valence-electron chi connectivity index (χ2n) is 4.00. The summed E-state index contributed by atoms with van der Waals surface area (Å²) in [5.41, 5.74) is 1.12. The molecule has 2 rings (SSSR count). The summed E-state index contributed by atoms with van der Waals surface area (Å²) >= 11 is 0. The van der Waals surface area contributed by atoms with Crippen molar-refractivity contribution in [1.82, 2.24) is 4.98 Å². The molecule has 118 valence electrons. The van der Waals surface area contributed by atoms with Gasteiger partial charge >= 0.3 is 5.97 Å². The highest BCUT2D eigenvalue weighted by atomic mass is 19.1. The molecule has 0 N–H and O–H groups in total. The molecule has 0 saturated heterocycles. The van der Waals surface area contributed by atoms with Crippen molar-refractivity contribution in [3.8, 4) is 17.0 Å². The topological polar surface area (TPSA) is 48.4 Å². The number of nitrogens with zero attached hydrogens (tertiary/aromatic N) is 1. The van der Waals surface area contributed by atoms with Gasteiger partial charge in [0.05, 0.1) is 31.2 Å². The molecule has 0 aliphatic rings. The number of aromatic nitrogens is 1. The molecule has 0 saturated carbocycles. The van der Waals surface area contributed by atoms with Crippen LogP contribution in [0.2, 0.25) is 0 Å². The quantitative estimate of drug-likeness (QED) is 0.798. The molecule has 0 aliphatic carbocycles. The predicted octanol–water partition coefficient (Wildman–Crippen LogP) is 4.10. The molecule has 5 heteroatoms. The molecule has 0 amide bonds. The number of halogens is 1. The molecule has 4 nitrogen and oxygen atoms in total. The SMILES string of the molecule is CC.CCOc1ccc(-c2cc(C(=O)OC)c(F)cn2)cc1. The summed E-state index contributed by atoms with van der Waals surface area (Å²) in [6, 6.07) is 8.55. The summed E-state index contributed by atoms with van der Waals surface area (Å²) in [5.74, 6) is -0.685. The Bertz CT molecular complexity index is 612. The Morgan fingerprint density at radius 2 is 1.86 bits per heavy atom. The first-order valence-corrected chi connectivity index (χ1v) is 7.12. The van der Waals surface area contributed by atoms with Gasteiger partial charge in [-0.1, -0.05) is 13.8 Å². The summed E-state index contributed by atoms with van der Waals surface area (Å²) in [7, 11) is 1.21. The van der Waals surface area contributed by atoms with Crippen molar-refractivity contribution in [3.63, 3.8) is 0 Å². The van der Waals surface area contributed by atoms with E-state index in [1.54, 1.807) is 24.3 Å². The highest BCUT2D eigenvalue weighted by molar-refractivity contribution is 5.90. The largest absolute Gasteiger partial charge is 0.494 e. The van der Waals surface area contributed by atoms with E-state index in [0.29, 0.717) is 12.3 Å². The van der Waals surface area contributed by atoms with E-state index in [-0.39, 0.29) is 5.56 Å². The molecular formula is C17H20FNO3. The van der Waals surface area contributed by atoms with Gasteiger partial charge < -0.3 is 9.47 Å². The lowest BCUT2D eigenvalue weighted by molar-refractivity contribution is 0.0595. The van der Waals surface area contributed by atoms with Gasteiger partial charge in [0.15, 0.2) is 5.82 Å². The van der Waals surface area contributed by atoms with Crippen LogP contribution in [0, 0.1) is 5.82 Å². The van der Waals surface area contributed by atoms with Gasteiger partial charge in [-0.2, -0.15) is 0 Å². The molecule has 0 radical (unpaired) electrons. The van der Waals surface area contributed by atoms with Gasteiger partial charge in [0.1, 0.15) is 5.75 Å². The van der Waals surface area contributed by atoms with E-state index in [2.05, 4.69) is 9.72 Å². The van der Waals surface area contributed by atoms with Crippen molar-refractivity contribution in [1.29, 1.82) is 0 Å². The summed E-state index contributed by atoms with van der Waals surface area (Å²) in [6.07, 6.45) is 1.01. The Labute approximate surface area is 129 Å². The first-order valence-electron chi connectivity index (χ1n) is 7.12. The number of benzene rings is 1. The fourth-order valence-corrected chi connectivity index (χ4v) is 1.75.